The second-order valence-corrected chi connectivity index (χ2v) is 9.81. The summed E-state index contributed by atoms with van der Waals surface area (Å²) in [5.41, 5.74) is 3.75. The number of rotatable bonds is 6. The largest absolute Gasteiger partial charge is 0.486 e. The van der Waals surface area contributed by atoms with Crippen molar-refractivity contribution in [2.24, 2.45) is 5.41 Å². The first-order valence-electron chi connectivity index (χ1n) is 11.0. The lowest BCUT2D eigenvalue weighted by atomic mass is 9.86. The number of carboxylic acids is 1. The Morgan fingerprint density at radius 3 is 1.88 bits per heavy atom. The first kappa shape index (κ1) is 25.3. The maximum Gasteiger partial charge on any atom is 0.416 e. The average Bonchev–Trinajstić information content (AvgIpc) is 2.71. The average molecular weight is 471 g/mol. The Bertz CT molecular complexity index is 1130. The number of hydrogen-bond acceptors (Lipinski definition) is 2. The van der Waals surface area contributed by atoms with Crippen molar-refractivity contribution in [3.63, 3.8) is 0 Å². The number of ether oxygens (including phenoxy) is 1. The number of hydrogen-bond donors (Lipinski definition) is 1. The van der Waals surface area contributed by atoms with Crippen LogP contribution < -0.4 is 4.74 Å². The highest BCUT2D eigenvalue weighted by Crippen LogP contribution is 2.37. The molecule has 0 saturated heterocycles. The molecule has 0 saturated carbocycles. The summed E-state index contributed by atoms with van der Waals surface area (Å²) in [7, 11) is 0. The van der Waals surface area contributed by atoms with E-state index in [4.69, 9.17) is 4.74 Å². The molecule has 0 amide bonds. The van der Waals surface area contributed by atoms with Crippen LogP contribution in [0.1, 0.15) is 65.9 Å². The molecule has 3 aromatic rings. The molecule has 0 aromatic heterocycles. The van der Waals surface area contributed by atoms with Crippen molar-refractivity contribution < 1.29 is 27.8 Å². The van der Waals surface area contributed by atoms with Crippen molar-refractivity contribution in [2.45, 2.75) is 53.3 Å². The summed E-state index contributed by atoms with van der Waals surface area (Å²) >= 11 is 0. The van der Waals surface area contributed by atoms with Crippen LogP contribution in [0.4, 0.5) is 13.2 Å². The fourth-order valence-electron chi connectivity index (χ4n) is 4.06. The van der Waals surface area contributed by atoms with E-state index in [1.165, 1.54) is 12.1 Å². The molecule has 0 aliphatic rings. The third kappa shape index (κ3) is 6.19. The number of carbonyl (C=O) groups is 1. The summed E-state index contributed by atoms with van der Waals surface area (Å²) in [6, 6.07) is 15.6. The van der Waals surface area contributed by atoms with E-state index in [-0.39, 0.29) is 17.1 Å². The van der Waals surface area contributed by atoms with Crippen LogP contribution in [-0.2, 0) is 6.18 Å². The van der Waals surface area contributed by atoms with Crippen molar-refractivity contribution in [3.8, 4) is 16.9 Å². The molecule has 3 nitrogen and oxygen atoms in total. The molecule has 0 aliphatic carbocycles. The van der Waals surface area contributed by atoms with E-state index in [0.717, 1.165) is 34.4 Å². The lowest BCUT2D eigenvalue weighted by Crippen LogP contribution is -2.17. The van der Waals surface area contributed by atoms with E-state index in [9.17, 15) is 23.1 Å². The number of alkyl halides is 3. The van der Waals surface area contributed by atoms with Gasteiger partial charge in [-0.05, 0) is 89.9 Å². The van der Waals surface area contributed by atoms with Crippen LogP contribution in [0.2, 0.25) is 0 Å². The van der Waals surface area contributed by atoms with Crippen LogP contribution in [0.3, 0.4) is 0 Å². The summed E-state index contributed by atoms with van der Waals surface area (Å²) in [5.74, 6) is -0.327. The van der Waals surface area contributed by atoms with Crippen LogP contribution in [0, 0.1) is 19.3 Å². The SMILES string of the molecule is Cc1cc(OC(CC(C)(C)C)c2ccc(C(=O)O)cc2)cc(C)c1-c1ccc(C(F)(F)F)cc1. The van der Waals surface area contributed by atoms with Crippen molar-refractivity contribution in [1.29, 1.82) is 0 Å². The zero-order valence-electron chi connectivity index (χ0n) is 20.0. The van der Waals surface area contributed by atoms with Gasteiger partial charge in [-0.3, -0.25) is 0 Å². The van der Waals surface area contributed by atoms with Crippen molar-refractivity contribution in [3.05, 3.63) is 88.5 Å². The Morgan fingerprint density at radius 2 is 1.44 bits per heavy atom. The number of halogens is 3. The Labute approximate surface area is 198 Å². The Hall–Kier alpha value is -3.28. The normalized spacial score (nSPS) is 12.9. The summed E-state index contributed by atoms with van der Waals surface area (Å²) in [6.45, 7) is 10.2. The second-order valence-electron chi connectivity index (χ2n) is 9.81. The maximum absolute atomic E-state index is 12.9. The van der Waals surface area contributed by atoms with E-state index in [2.05, 4.69) is 20.8 Å². The fraction of sp³-hybridized carbons (Fsp3) is 0.321. The molecule has 180 valence electrons. The minimum atomic E-state index is -4.37. The van der Waals surface area contributed by atoms with E-state index >= 15 is 0 Å². The van der Waals surface area contributed by atoms with E-state index in [1.807, 2.05) is 26.0 Å². The third-order valence-corrected chi connectivity index (χ3v) is 5.61. The fourth-order valence-corrected chi connectivity index (χ4v) is 4.06. The number of aryl methyl sites for hydroxylation is 2. The van der Waals surface area contributed by atoms with Gasteiger partial charge in [0.2, 0.25) is 0 Å². The Kier molecular flexibility index (Phi) is 7.10. The van der Waals surface area contributed by atoms with Gasteiger partial charge < -0.3 is 9.84 Å². The van der Waals surface area contributed by atoms with Gasteiger partial charge in [0.15, 0.2) is 0 Å². The highest BCUT2D eigenvalue weighted by molar-refractivity contribution is 5.87. The van der Waals surface area contributed by atoms with Gasteiger partial charge in [0.25, 0.3) is 0 Å². The minimum absolute atomic E-state index is 0.0413. The van der Waals surface area contributed by atoms with E-state index in [0.29, 0.717) is 17.7 Å². The lowest BCUT2D eigenvalue weighted by molar-refractivity contribution is -0.137. The maximum atomic E-state index is 12.9. The predicted molar refractivity (Wildman–Crippen MR) is 127 cm³/mol. The van der Waals surface area contributed by atoms with E-state index in [1.54, 1.807) is 24.3 Å². The van der Waals surface area contributed by atoms with Gasteiger partial charge >= 0.3 is 12.1 Å². The van der Waals surface area contributed by atoms with Gasteiger partial charge in [-0.2, -0.15) is 13.2 Å². The number of aromatic carboxylic acids is 1. The topological polar surface area (TPSA) is 46.5 Å². The Balaban J connectivity index is 1.92. The van der Waals surface area contributed by atoms with Gasteiger partial charge in [0.05, 0.1) is 11.1 Å². The summed E-state index contributed by atoms with van der Waals surface area (Å²) in [4.78, 5) is 11.2. The van der Waals surface area contributed by atoms with Crippen LogP contribution >= 0.6 is 0 Å². The molecule has 0 radical (unpaired) electrons. The molecule has 34 heavy (non-hydrogen) atoms. The predicted octanol–water partition coefficient (Wildman–Crippen LogP) is 8.24. The van der Waals surface area contributed by atoms with Crippen molar-refractivity contribution in [1.82, 2.24) is 0 Å². The lowest BCUT2D eigenvalue weighted by Gasteiger charge is -2.28. The zero-order valence-corrected chi connectivity index (χ0v) is 20.0. The Morgan fingerprint density at radius 1 is 0.912 bits per heavy atom. The molecule has 3 rings (SSSR count). The summed E-state index contributed by atoms with van der Waals surface area (Å²) in [6.07, 6.45) is -3.96. The molecule has 6 heteroatoms. The van der Waals surface area contributed by atoms with Crippen molar-refractivity contribution >= 4 is 5.97 Å². The molecular formula is C28H29F3O3. The van der Waals surface area contributed by atoms with E-state index < -0.39 is 17.7 Å². The molecule has 3 aromatic carbocycles. The first-order chi connectivity index (χ1) is 15.7. The zero-order chi connectivity index (χ0) is 25.3. The van der Waals surface area contributed by atoms with Crippen LogP contribution in [-0.4, -0.2) is 11.1 Å². The standard InChI is InChI=1S/C28H29F3O3/c1-17-14-23(15-18(2)25(17)20-10-12-22(13-11-20)28(29,30)31)34-24(16-27(3,4)5)19-6-8-21(9-7-19)26(32)33/h6-15,24H,16H2,1-5H3,(H,32,33). The molecule has 0 bridgehead atoms. The van der Waals surface area contributed by atoms with Gasteiger partial charge in [0.1, 0.15) is 11.9 Å². The van der Waals surface area contributed by atoms with Crippen LogP contribution in [0.5, 0.6) is 5.75 Å². The number of carboxylic acid groups (broad SMARTS) is 1. The number of benzene rings is 3. The summed E-state index contributed by atoms with van der Waals surface area (Å²) in [5, 5.41) is 9.18. The summed E-state index contributed by atoms with van der Waals surface area (Å²) < 4.78 is 45.2. The molecular weight excluding hydrogens is 441 g/mol. The molecule has 1 N–H and O–H groups in total. The first-order valence-corrected chi connectivity index (χ1v) is 11.0. The third-order valence-electron chi connectivity index (χ3n) is 5.61. The monoisotopic (exact) mass is 470 g/mol. The molecule has 1 atom stereocenters. The highest BCUT2D eigenvalue weighted by atomic mass is 19.4. The van der Waals surface area contributed by atoms with Crippen molar-refractivity contribution in [2.75, 3.05) is 0 Å². The van der Waals surface area contributed by atoms with Gasteiger partial charge in [-0.1, -0.05) is 45.0 Å². The second kappa shape index (κ2) is 9.53. The van der Waals surface area contributed by atoms with Gasteiger partial charge in [-0.25, -0.2) is 4.79 Å². The van der Waals surface area contributed by atoms with Crippen LogP contribution in [0.15, 0.2) is 60.7 Å². The smallest absolute Gasteiger partial charge is 0.416 e. The quantitative estimate of drug-likeness (QED) is 0.395. The van der Waals surface area contributed by atoms with Crippen LogP contribution in [0.25, 0.3) is 11.1 Å². The molecule has 1 unspecified atom stereocenters. The van der Waals surface area contributed by atoms with Gasteiger partial charge in [-0.15, -0.1) is 0 Å². The van der Waals surface area contributed by atoms with Gasteiger partial charge in [0, 0.05) is 0 Å². The highest BCUT2D eigenvalue weighted by Gasteiger charge is 2.30. The molecule has 0 aliphatic heterocycles. The molecule has 0 heterocycles. The minimum Gasteiger partial charge on any atom is -0.486 e. The molecule has 0 spiro atoms. The molecule has 0 fully saturated rings.